The van der Waals surface area contributed by atoms with Crippen LogP contribution in [-0.2, 0) is 23.4 Å². The summed E-state index contributed by atoms with van der Waals surface area (Å²) >= 11 is 0. The first kappa shape index (κ1) is 20.0. The molecule has 1 aliphatic heterocycles. The van der Waals surface area contributed by atoms with Gasteiger partial charge in [0.2, 0.25) is 0 Å². The molecule has 1 aliphatic rings. The van der Waals surface area contributed by atoms with Gasteiger partial charge in [-0.1, -0.05) is 20.8 Å². The van der Waals surface area contributed by atoms with Crippen LogP contribution < -0.4 is 0 Å². The van der Waals surface area contributed by atoms with Gasteiger partial charge in [0.05, 0.1) is 6.61 Å². The second-order valence-corrected chi connectivity index (χ2v) is 12.0. The van der Waals surface area contributed by atoms with Crippen molar-refractivity contribution in [1.82, 2.24) is 0 Å². The summed E-state index contributed by atoms with van der Waals surface area (Å²) in [6, 6.07) is 0. The molecule has 0 spiro atoms. The number of aliphatic hydroxyl groups excluding tert-OH is 1. The van der Waals surface area contributed by atoms with Crippen LogP contribution >= 0.6 is 0 Å². The van der Waals surface area contributed by atoms with Crippen molar-refractivity contribution in [3.8, 4) is 0 Å². The first-order valence-electron chi connectivity index (χ1n) is 7.65. The van der Waals surface area contributed by atoms with Crippen LogP contribution in [0.1, 0.15) is 20.8 Å². The second-order valence-electron chi connectivity index (χ2n) is 7.24. The fourth-order valence-electron chi connectivity index (χ4n) is 2.34. The minimum atomic E-state index is -1.90. The molecule has 0 radical (unpaired) electrons. The summed E-state index contributed by atoms with van der Waals surface area (Å²) in [7, 11) is 2.79. The van der Waals surface area contributed by atoms with Crippen LogP contribution in [0.3, 0.4) is 0 Å². The summed E-state index contributed by atoms with van der Waals surface area (Å²) in [5.74, 6) is 0. The topological polar surface area (TPSA) is 66.4 Å². The highest BCUT2D eigenvalue weighted by molar-refractivity contribution is 6.74. The summed E-state index contributed by atoms with van der Waals surface area (Å²) < 4.78 is 28.1. The van der Waals surface area contributed by atoms with Crippen LogP contribution in [0.15, 0.2) is 0 Å². The molecule has 0 aromatic rings. The zero-order chi connectivity index (χ0) is 17.1. The largest absolute Gasteiger partial charge is 0.414 e. The number of rotatable bonds is 6. The molecule has 7 heteroatoms. The summed E-state index contributed by atoms with van der Waals surface area (Å²) in [6.07, 6.45) is -2.81. The van der Waals surface area contributed by atoms with Crippen LogP contribution in [0.25, 0.3) is 0 Å². The highest BCUT2D eigenvalue weighted by Gasteiger charge is 2.47. The zero-order valence-corrected chi connectivity index (χ0v) is 16.1. The fourth-order valence-corrected chi connectivity index (χ4v) is 3.35. The highest BCUT2D eigenvalue weighted by atomic mass is 28.4. The van der Waals surface area contributed by atoms with Crippen molar-refractivity contribution in [3.63, 3.8) is 0 Å². The second kappa shape index (κ2) is 7.70. The number of hydrogen-bond acceptors (Lipinski definition) is 6. The summed E-state index contributed by atoms with van der Waals surface area (Å²) in [5.41, 5.74) is 0. The minimum absolute atomic E-state index is 0.110. The van der Waals surface area contributed by atoms with E-state index in [0.717, 1.165) is 0 Å². The molecule has 0 amide bonds. The van der Waals surface area contributed by atoms with Crippen molar-refractivity contribution in [2.24, 2.45) is 0 Å². The molecule has 6 nitrogen and oxygen atoms in total. The number of methoxy groups -OCH3 is 3. The van der Waals surface area contributed by atoms with E-state index >= 15 is 0 Å². The Labute approximate surface area is 135 Å². The van der Waals surface area contributed by atoms with E-state index in [-0.39, 0.29) is 11.1 Å². The lowest BCUT2D eigenvalue weighted by atomic mass is 9.99. The monoisotopic (exact) mass is 336 g/mol. The van der Waals surface area contributed by atoms with E-state index in [0.29, 0.717) is 6.61 Å². The molecule has 5 atom stereocenters. The molecular weight excluding hydrogens is 304 g/mol. The van der Waals surface area contributed by atoms with E-state index in [1.165, 1.54) is 7.11 Å². The Bertz CT molecular complexity index is 343. The molecule has 132 valence electrons. The third-order valence-corrected chi connectivity index (χ3v) is 9.34. The highest BCUT2D eigenvalue weighted by Crippen LogP contribution is 2.37. The van der Waals surface area contributed by atoms with Crippen molar-refractivity contribution >= 4 is 8.32 Å². The van der Waals surface area contributed by atoms with E-state index in [2.05, 4.69) is 33.9 Å². The molecule has 0 aromatic carbocycles. The Morgan fingerprint density at radius 2 is 1.45 bits per heavy atom. The van der Waals surface area contributed by atoms with Crippen molar-refractivity contribution < 1.29 is 28.5 Å². The molecule has 1 heterocycles. The smallest absolute Gasteiger partial charge is 0.192 e. The fraction of sp³-hybridized carbons (Fsp3) is 1.00. The summed E-state index contributed by atoms with van der Waals surface area (Å²) in [6.45, 7) is 11.3. The molecule has 0 aromatic heterocycles. The zero-order valence-electron chi connectivity index (χ0n) is 15.1. The first-order valence-corrected chi connectivity index (χ1v) is 10.6. The van der Waals surface area contributed by atoms with Crippen molar-refractivity contribution in [3.05, 3.63) is 0 Å². The average Bonchev–Trinajstić information content (AvgIpc) is 2.42. The van der Waals surface area contributed by atoms with Crippen LogP contribution in [0.5, 0.6) is 0 Å². The molecule has 0 saturated carbocycles. The van der Waals surface area contributed by atoms with Crippen molar-refractivity contribution in [2.45, 2.75) is 69.6 Å². The Morgan fingerprint density at radius 3 is 1.86 bits per heavy atom. The number of aliphatic hydroxyl groups is 1. The minimum Gasteiger partial charge on any atom is -0.414 e. The number of hydrogen-bond donors (Lipinski definition) is 1. The van der Waals surface area contributed by atoms with Crippen LogP contribution in [0.4, 0.5) is 0 Å². The maximum absolute atomic E-state index is 10.1. The van der Waals surface area contributed by atoms with Gasteiger partial charge in [-0.3, -0.25) is 0 Å². The Hall–Kier alpha value is -0.0231. The molecule has 1 saturated heterocycles. The standard InChI is InChI=1S/C15H32O6Si/c1-15(2,3)22(7,8)20-9-10-11(17-4)12(18-5)13(19-6)14(16)21-10/h10-14,16H,9H2,1-8H3/t10-,11-,12+,13-,14?/m1/s1. The summed E-state index contributed by atoms with van der Waals surface area (Å²) in [5, 5.41) is 10.2. The molecule has 0 aliphatic carbocycles. The van der Waals surface area contributed by atoms with Gasteiger partial charge < -0.3 is 28.5 Å². The first-order chi connectivity index (χ1) is 10.1. The predicted octanol–water partition coefficient (Wildman–Crippen LogP) is 1.77. The lowest BCUT2D eigenvalue weighted by Gasteiger charge is -2.44. The Kier molecular flexibility index (Phi) is 7.01. The average molecular weight is 337 g/mol. The van der Waals surface area contributed by atoms with E-state index in [1.54, 1.807) is 14.2 Å². The van der Waals surface area contributed by atoms with Gasteiger partial charge in [0, 0.05) is 21.3 Å². The van der Waals surface area contributed by atoms with Crippen molar-refractivity contribution in [2.75, 3.05) is 27.9 Å². The lowest BCUT2D eigenvalue weighted by Crippen LogP contribution is -2.61. The van der Waals surface area contributed by atoms with Gasteiger partial charge in [0.15, 0.2) is 14.6 Å². The third kappa shape index (κ3) is 4.28. The van der Waals surface area contributed by atoms with Gasteiger partial charge in [-0.05, 0) is 18.1 Å². The molecule has 1 rings (SSSR count). The molecule has 22 heavy (non-hydrogen) atoms. The van der Waals surface area contributed by atoms with Gasteiger partial charge in [-0.15, -0.1) is 0 Å². The van der Waals surface area contributed by atoms with E-state index < -0.39 is 32.9 Å². The van der Waals surface area contributed by atoms with Crippen molar-refractivity contribution in [1.29, 1.82) is 0 Å². The molecule has 1 fully saturated rings. The van der Waals surface area contributed by atoms with E-state index in [1.807, 2.05) is 0 Å². The van der Waals surface area contributed by atoms with Gasteiger partial charge in [-0.2, -0.15) is 0 Å². The Morgan fingerprint density at radius 1 is 0.955 bits per heavy atom. The van der Waals surface area contributed by atoms with E-state index in [4.69, 9.17) is 23.4 Å². The summed E-state index contributed by atoms with van der Waals surface area (Å²) in [4.78, 5) is 0. The van der Waals surface area contributed by atoms with Gasteiger partial charge in [-0.25, -0.2) is 0 Å². The SMILES string of the molecule is CO[C@H]1[C@H](OC)[C@@H](OC)C(O)O[C@@H]1CO[Si](C)(C)C(C)(C)C. The van der Waals surface area contributed by atoms with Gasteiger partial charge in [0.25, 0.3) is 0 Å². The van der Waals surface area contributed by atoms with Crippen LogP contribution in [0, 0.1) is 0 Å². The molecule has 1 unspecified atom stereocenters. The Balaban J connectivity index is 2.81. The maximum atomic E-state index is 10.1. The van der Waals surface area contributed by atoms with Gasteiger partial charge >= 0.3 is 0 Å². The number of ether oxygens (including phenoxy) is 4. The molecule has 0 bridgehead atoms. The van der Waals surface area contributed by atoms with Crippen LogP contribution in [0.2, 0.25) is 18.1 Å². The normalized spacial score (nSPS) is 34.0. The van der Waals surface area contributed by atoms with Gasteiger partial charge in [0.1, 0.15) is 24.4 Å². The predicted molar refractivity (Wildman–Crippen MR) is 86.4 cm³/mol. The van der Waals surface area contributed by atoms with Crippen LogP contribution in [-0.4, -0.2) is 72.1 Å². The maximum Gasteiger partial charge on any atom is 0.192 e. The lowest BCUT2D eigenvalue weighted by molar-refractivity contribution is -0.298. The quantitative estimate of drug-likeness (QED) is 0.746. The molecular formula is C15H32O6Si. The van der Waals surface area contributed by atoms with E-state index in [9.17, 15) is 5.11 Å². The third-order valence-electron chi connectivity index (χ3n) is 4.84. The molecule has 1 N–H and O–H groups in total.